The van der Waals surface area contributed by atoms with Crippen LogP contribution < -0.4 is 24.8 Å². The van der Waals surface area contributed by atoms with E-state index in [9.17, 15) is 19.8 Å². The minimum Gasteiger partial charge on any atom is -0.493 e. The minimum atomic E-state index is -1.43. The first-order chi connectivity index (χ1) is 12.7. The Labute approximate surface area is 158 Å². The number of methoxy groups -OCH3 is 3. The van der Waals surface area contributed by atoms with Crippen LogP contribution in [0.4, 0.5) is 0 Å². The van der Waals surface area contributed by atoms with E-state index in [4.69, 9.17) is 14.2 Å². The summed E-state index contributed by atoms with van der Waals surface area (Å²) in [5.41, 5.74) is -0.290. The van der Waals surface area contributed by atoms with Crippen molar-refractivity contribution in [1.82, 2.24) is 10.6 Å². The first-order valence-corrected chi connectivity index (χ1v) is 8.32. The highest BCUT2D eigenvalue weighted by atomic mass is 16.5. The third-order valence-electron chi connectivity index (χ3n) is 4.03. The summed E-state index contributed by atoms with van der Waals surface area (Å²) < 4.78 is 15.7. The summed E-state index contributed by atoms with van der Waals surface area (Å²) in [6, 6.07) is 3.40. The van der Waals surface area contributed by atoms with Gasteiger partial charge in [-0.25, -0.2) is 0 Å². The Morgan fingerprint density at radius 1 is 1.07 bits per heavy atom. The lowest BCUT2D eigenvalue weighted by molar-refractivity contribution is -0.138. The van der Waals surface area contributed by atoms with E-state index < -0.39 is 23.3 Å². The van der Waals surface area contributed by atoms with E-state index >= 15 is 0 Å². The SMILES string of the molecule is COc1cc(CNC(=O)CNC(=O)[C@H](O)C(C)(C)CO)cc(OC)c1OC. The van der Waals surface area contributed by atoms with E-state index in [1.807, 2.05) is 0 Å². The fraction of sp³-hybridized carbons (Fsp3) is 0.556. The topological polar surface area (TPSA) is 126 Å². The van der Waals surface area contributed by atoms with E-state index in [0.29, 0.717) is 22.8 Å². The Balaban J connectivity index is 2.64. The summed E-state index contributed by atoms with van der Waals surface area (Å²) >= 11 is 0. The van der Waals surface area contributed by atoms with Crippen LogP contribution in [0.1, 0.15) is 19.4 Å². The molecule has 9 nitrogen and oxygen atoms in total. The smallest absolute Gasteiger partial charge is 0.249 e. The number of hydrogen-bond acceptors (Lipinski definition) is 7. The summed E-state index contributed by atoms with van der Waals surface area (Å²) in [6.07, 6.45) is -1.43. The molecule has 0 unspecified atom stereocenters. The van der Waals surface area contributed by atoms with Crippen molar-refractivity contribution in [2.45, 2.75) is 26.5 Å². The number of carbonyl (C=O) groups is 2. The van der Waals surface area contributed by atoms with Crippen LogP contribution in [-0.2, 0) is 16.1 Å². The van der Waals surface area contributed by atoms with Gasteiger partial charge in [0.05, 0.1) is 34.5 Å². The molecule has 0 aliphatic carbocycles. The van der Waals surface area contributed by atoms with Crippen LogP contribution in [0.15, 0.2) is 12.1 Å². The van der Waals surface area contributed by atoms with Gasteiger partial charge in [0.25, 0.3) is 0 Å². The zero-order chi connectivity index (χ0) is 20.6. The number of amides is 2. The monoisotopic (exact) mass is 384 g/mol. The Kier molecular flexibility index (Phi) is 8.32. The van der Waals surface area contributed by atoms with Crippen molar-refractivity contribution in [2.75, 3.05) is 34.5 Å². The normalized spacial score (nSPS) is 12.1. The van der Waals surface area contributed by atoms with E-state index in [-0.39, 0.29) is 19.7 Å². The van der Waals surface area contributed by atoms with Gasteiger partial charge in [0.1, 0.15) is 6.10 Å². The summed E-state index contributed by atoms with van der Waals surface area (Å²) in [5, 5.41) is 24.1. The van der Waals surface area contributed by atoms with Crippen LogP contribution in [0.5, 0.6) is 17.2 Å². The molecule has 0 aliphatic rings. The van der Waals surface area contributed by atoms with Gasteiger partial charge in [-0.3, -0.25) is 9.59 Å². The lowest BCUT2D eigenvalue weighted by Crippen LogP contribution is -2.48. The molecule has 0 radical (unpaired) electrons. The molecule has 1 atom stereocenters. The standard InChI is InChI=1S/C18H28N2O7/c1-18(2,10-21)16(23)17(24)20-9-14(22)19-8-11-6-12(25-3)15(27-5)13(7-11)26-4/h6-7,16,21,23H,8-10H2,1-5H3,(H,19,22)(H,20,24)/t16-/m0/s1. The lowest BCUT2D eigenvalue weighted by atomic mass is 9.87. The van der Waals surface area contributed by atoms with Crippen molar-refractivity contribution in [3.63, 3.8) is 0 Å². The number of benzene rings is 1. The Bertz CT molecular complexity index is 636. The Hall–Kier alpha value is -2.52. The summed E-state index contributed by atoms with van der Waals surface area (Å²) in [6.45, 7) is 2.59. The molecule has 0 saturated carbocycles. The second-order valence-corrected chi connectivity index (χ2v) is 6.58. The second-order valence-electron chi connectivity index (χ2n) is 6.58. The van der Waals surface area contributed by atoms with Gasteiger partial charge in [0, 0.05) is 12.0 Å². The summed E-state index contributed by atoms with van der Waals surface area (Å²) in [5.74, 6) is 0.207. The zero-order valence-electron chi connectivity index (χ0n) is 16.3. The van der Waals surface area contributed by atoms with Crippen LogP contribution >= 0.6 is 0 Å². The number of aliphatic hydroxyl groups is 2. The molecule has 0 aromatic heterocycles. The highest BCUT2D eigenvalue weighted by molar-refractivity contribution is 5.87. The molecule has 4 N–H and O–H groups in total. The van der Waals surface area contributed by atoms with Crippen LogP contribution in [0.3, 0.4) is 0 Å². The molecule has 1 rings (SSSR count). The zero-order valence-corrected chi connectivity index (χ0v) is 16.3. The average molecular weight is 384 g/mol. The van der Waals surface area contributed by atoms with Crippen molar-refractivity contribution >= 4 is 11.8 Å². The van der Waals surface area contributed by atoms with Crippen LogP contribution in [0.2, 0.25) is 0 Å². The molecule has 0 aliphatic heterocycles. The molecular weight excluding hydrogens is 356 g/mol. The average Bonchev–Trinajstić information content (AvgIpc) is 2.68. The molecule has 1 aromatic rings. The molecule has 2 amide bonds. The molecule has 0 heterocycles. The van der Waals surface area contributed by atoms with Gasteiger partial charge in [0.15, 0.2) is 11.5 Å². The minimum absolute atomic E-state index is 0.177. The predicted octanol–water partition coefficient (Wildman–Crippen LogP) is -0.176. The molecule has 0 spiro atoms. The summed E-state index contributed by atoms with van der Waals surface area (Å²) in [4.78, 5) is 23.8. The second kappa shape index (κ2) is 9.98. The molecular formula is C18H28N2O7. The van der Waals surface area contributed by atoms with Crippen molar-refractivity contribution in [1.29, 1.82) is 0 Å². The number of nitrogens with one attached hydrogen (secondary N) is 2. The number of rotatable bonds is 10. The third kappa shape index (κ3) is 6.00. The predicted molar refractivity (Wildman–Crippen MR) is 97.8 cm³/mol. The van der Waals surface area contributed by atoms with Crippen molar-refractivity contribution in [2.24, 2.45) is 5.41 Å². The highest BCUT2D eigenvalue weighted by Crippen LogP contribution is 2.38. The molecule has 1 aromatic carbocycles. The van der Waals surface area contributed by atoms with Crippen LogP contribution in [0, 0.1) is 5.41 Å². The fourth-order valence-electron chi connectivity index (χ4n) is 2.21. The number of ether oxygens (including phenoxy) is 3. The van der Waals surface area contributed by atoms with Crippen molar-refractivity contribution in [3.8, 4) is 17.2 Å². The largest absolute Gasteiger partial charge is 0.493 e. The first-order valence-electron chi connectivity index (χ1n) is 8.32. The van der Waals surface area contributed by atoms with E-state index in [2.05, 4.69) is 10.6 Å². The van der Waals surface area contributed by atoms with Crippen molar-refractivity contribution < 1.29 is 34.0 Å². The number of carbonyl (C=O) groups excluding carboxylic acids is 2. The third-order valence-corrected chi connectivity index (χ3v) is 4.03. The van der Waals surface area contributed by atoms with Gasteiger partial charge in [-0.2, -0.15) is 0 Å². The molecule has 0 saturated heterocycles. The molecule has 0 bridgehead atoms. The van der Waals surface area contributed by atoms with E-state index in [1.54, 1.807) is 26.0 Å². The maximum atomic E-state index is 12.0. The van der Waals surface area contributed by atoms with E-state index in [1.165, 1.54) is 21.3 Å². The fourth-order valence-corrected chi connectivity index (χ4v) is 2.21. The van der Waals surface area contributed by atoms with Gasteiger partial charge < -0.3 is 35.1 Å². The van der Waals surface area contributed by atoms with Gasteiger partial charge in [-0.15, -0.1) is 0 Å². The quantitative estimate of drug-likeness (QED) is 0.441. The Morgan fingerprint density at radius 2 is 1.63 bits per heavy atom. The van der Waals surface area contributed by atoms with Gasteiger partial charge >= 0.3 is 0 Å². The van der Waals surface area contributed by atoms with E-state index in [0.717, 1.165) is 0 Å². The number of aliphatic hydroxyl groups excluding tert-OH is 2. The summed E-state index contributed by atoms with van der Waals surface area (Å²) in [7, 11) is 4.49. The Morgan fingerprint density at radius 3 is 2.07 bits per heavy atom. The molecule has 0 fully saturated rings. The molecule has 27 heavy (non-hydrogen) atoms. The van der Waals surface area contributed by atoms with Crippen molar-refractivity contribution in [3.05, 3.63) is 17.7 Å². The molecule has 152 valence electrons. The van der Waals surface area contributed by atoms with Gasteiger partial charge in [-0.1, -0.05) is 13.8 Å². The van der Waals surface area contributed by atoms with Crippen LogP contribution in [0.25, 0.3) is 0 Å². The van der Waals surface area contributed by atoms with Gasteiger partial charge in [0.2, 0.25) is 17.6 Å². The van der Waals surface area contributed by atoms with Gasteiger partial charge in [-0.05, 0) is 17.7 Å². The first kappa shape index (κ1) is 22.5. The molecule has 9 heteroatoms. The number of hydrogen-bond donors (Lipinski definition) is 4. The lowest BCUT2D eigenvalue weighted by Gasteiger charge is -2.26. The maximum absolute atomic E-state index is 12.0. The van der Waals surface area contributed by atoms with Crippen LogP contribution in [-0.4, -0.2) is 62.6 Å². The highest BCUT2D eigenvalue weighted by Gasteiger charge is 2.32. The maximum Gasteiger partial charge on any atom is 0.249 e.